The Hall–Kier alpha value is -1.61. The fourth-order valence-electron chi connectivity index (χ4n) is 2.36. The van der Waals surface area contributed by atoms with Gasteiger partial charge in [-0.3, -0.25) is 4.98 Å². The molecule has 0 aliphatic heterocycles. The van der Waals surface area contributed by atoms with Crippen molar-refractivity contribution < 1.29 is 0 Å². The number of nitrogens with zero attached hydrogens (tertiary/aromatic N) is 2. The summed E-state index contributed by atoms with van der Waals surface area (Å²) < 4.78 is 0. The molecule has 0 fully saturated rings. The fraction of sp³-hybridized carbons (Fsp3) is 0.500. The molecule has 0 spiro atoms. The Kier molecular flexibility index (Phi) is 5.18. The molecule has 0 unspecified atom stereocenters. The maximum Gasteiger partial charge on any atom is 0.0726 e. The van der Waals surface area contributed by atoms with Crippen LogP contribution < -0.4 is 10.2 Å². The molecule has 0 aliphatic rings. The lowest BCUT2D eigenvalue weighted by Gasteiger charge is -2.26. The minimum Gasteiger partial charge on any atom is -0.372 e. The number of para-hydroxylation sites is 1. The highest BCUT2D eigenvalue weighted by atomic mass is 15.1. The van der Waals surface area contributed by atoms with Crippen LogP contribution in [0, 0.1) is 5.92 Å². The van der Waals surface area contributed by atoms with E-state index in [-0.39, 0.29) is 0 Å². The average Bonchev–Trinajstić information content (AvgIpc) is 2.45. The highest BCUT2D eigenvalue weighted by molar-refractivity contribution is 5.92. The summed E-state index contributed by atoms with van der Waals surface area (Å²) in [5.74, 6) is 0.656. The third-order valence-electron chi connectivity index (χ3n) is 3.76. The number of nitrogens with one attached hydrogen (secondary N) is 1. The van der Waals surface area contributed by atoms with Gasteiger partial charge in [0, 0.05) is 30.7 Å². The predicted molar refractivity (Wildman–Crippen MR) is 91.8 cm³/mol. The van der Waals surface area contributed by atoms with E-state index >= 15 is 0 Å². The molecular weight excluding hydrogens is 258 g/mol. The lowest BCUT2D eigenvalue weighted by atomic mass is 10.1. The summed E-state index contributed by atoms with van der Waals surface area (Å²) >= 11 is 0. The number of hydrogen-bond donors (Lipinski definition) is 1. The predicted octanol–water partition coefficient (Wildman–Crippen LogP) is 3.83. The number of hydrogen-bond acceptors (Lipinski definition) is 3. The highest BCUT2D eigenvalue weighted by Crippen LogP contribution is 2.27. The summed E-state index contributed by atoms with van der Waals surface area (Å²) in [7, 11) is 2.15. The molecule has 2 rings (SSSR count). The van der Waals surface area contributed by atoms with E-state index in [1.165, 1.54) is 11.1 Å². The Morgan fingerprint density at radius 1 is 1.14 bits per heavy atom. The lowest BCUT2D eigenvalue weighted by Crippen LogP contribution is -2.26. The monoisotopic (exact) mass is 285 g/mol. The van der Waals surface area contributed by atoms with Crippen molar-refractivity contribution >= 4 is 16.6 Å². The molecule has 0 amide bonds. The first-order valence-electron chi connectivity index (χ1n) is 7.81. The maximum absolute atomic E-state index is 4.79. The van der Waals surface area contributed by atoms with Crippen LogP contribution in [0.3, 0.4) is 0 Å². The topological polar surface area (TPSA) is 28.2 Å². The quantitative estimate of drug-likeness (QED) is 0.874. The van der Waals surface area contributed by atoms with Crippen LogP contribution in [0.25, 0.3) is 10.9 Å². The van der Waals surface area contributed by atoms with E-state index in [1.807, 2.05) is 0 Å². The first-order valence-corrected chi connectivity index (χ1v) is 7.81. The van der Waals surface area contributed by atoms with Crippen LogP contribution in [0.2, 0.25) is 0 Å². The Balaban J connectivity index is 2.35. The smallest absolute Gasteiger partial charge is 0.0726 e. The van der Waals surface area contributed by atoms with Crippen molar-refractivity contribution in [2.75, 3.05) is 18.5 Å². The van der Waals surface area contributed by atoms with Crippen molar-refractivity contribution in [3.63, 3.8) is 0 Å². The molecule has 1 aromatic carbocycles. The van der Waals surface area contributed by atoms with Gasteiger partial charge in [0.25, 0.3) is 0 Å². The summed E-state index contributed by atoms with van der Waals surface area (Å²) in [6.45, 7) is 10.7. The molecule has 114 valence electrons. The number of anilines is 1. The largest absolute Gasteiger partial charge is 0.372 e. The first-order chi connectivity index (χ1) is 9.99. The van der Waals surface area contributed by atoms with Crippen molar-refractivity contribution in [1.82, 2.24) is 10.3 Å². The number of pyridine rings is 1. The molecule has 0 atom stereocenters. The number of benzene rings is 1. The van der Waals surface area contributed by atoms with Gasteiger partial charge in [0.05, 0.1) is 11.2 Å². The fourth-order valence-corrected chi connectivity index (χ4v) is 2.36. The Labute approximate surface area is 128 Å². The zero-order valence-corrected chi connectivity index (χ0v) is 13.9. The second-order valence-corrected chi connectivity index (χ2v) is 6.38. The molecule has 0 saturated carbocycles. The summed E-state index contributed by atoms with van der Waals surface area (Å²) in [6, 6.07) is 11.1. The normalized spacial score (nSPS) is 11.6. The van der Waals surface area contributed by atoms with Gasteiger partial charge >= 0.3 is 0 Å². The molecule has 3 heteroatoms. The van der Waals surface area contributed by atoms with Crippen molar-refractivity contribution in [1.29, 1.82) is 0 Å². The van der Waals surface area contributed by atoms with E-state index in [2.05, 4.69) is 75.3 Å². The van der Waals surface area contributed by atoms with Crippen molar-refractivity contribution in [3.8, 4) is 0 Å². The van der Waals surface area contributed by atoms with Crippen LogP contribution in [0.15, 0.2) is 30.3 Å². The van der Waals surface area contributed by atoms with Crippen LogP contribution in [0.5, 0.6) is 0 Å². The van der Waals surface area contributed by atoms with Gasteiger partial charge in [0.15, 0.2) is 0 Å². The summed E-state index contributed by atoms with van der Waals surface area (Å²) in [4.78, 5) is 7.10. The zero-order chi connectivity index (χ0) is 15.4. The molecule has 1 heterocycles. The second kappa shape index (κ2) is 6.90. The Morgan fingerprint density at radius 2 is 1.86 bits per heavy atom. The zero-order valence-electron chi connectivity index (χ0n) is 13.9. The van der Waals surface area contributed by atoms with Crippen LogP contribution in [-0.4, -0.2) is 24.6 Å². The van der Waals surface area contributed by atoms with Crippen molar-refractivity contribution in [2.45, 2.75) is 40.3 Å². The number of rotatable bonds is 6. The van der Waals surface area contributed by atoms with E-state index in [4.69, 9.17) is 4.98 Å². The van der Waals surface area contributed by atoms with Gasteiger partial charge < -0.3 is 10.2 Å². The van der Waals surface area contributed by atoms with E-state index in [1.54, 1.807) is 0 Å². The third-order valence-corrected chi connectivity index (χ3v) is 3.76. The summed E-state index contributed by atoms with van der Waals surface area (Å²) in [5.41, 5.74) is 3.44. The molecule has 0 bridgehead atoms. The Bertz CT molecular complexity index is 590. The van der Waals surface area contributed by atoms with E-state index in [0.29, 0.717) is 12.0 Å². The third kappa shape index (κ3) is 3.94. The SMILES string of the molecule is CC(C)CNCc1cc(N(C)C(C)C)c2ccccc2n1. The molecule has 1 N–H and O–H groups in total. The summed E-state index contributed by atoms with van der Waals surface area (Å²) in [6.07, 6.45) is 0. The van der Waals surface area contributed by atoms with Gasteiger partial charge in [0.2, 0.25) is 0 Å². The number of fused-ring (bicyclic) bond motifs is 1. The highest BCUT2D eigenvalue weighted by Gasteiger charge is 2.11. The molecule has 0 radical (unpaired) electrons. The van der Waals surface area contributed by atoms with Gasteiger partial charge in [-0.05, 0) is 38.4 Å². The van der Waals surface area contributed by atoms with Crippen LogP contribution in [0.1, 0.15) is 33.4 Å². The van der Waals surface area contributed by atoms with Crippen molar-refractivity contribution in [2.24, 2.45) is 5.92 Å². The maximum atomic E-state index is 4.79. The van der Waals surface area contributed by atoms with Crippen LogP contribution in [-0.2, 0) is 6.54 Å². The van der Waals surface area contributed by atoms with Gasteiger partial charge in [0.1, 0.15) is 0 Å². The van der Waals surface area contributed by atoms with Gasteiger partial charge in [-0.25, -0.2) is 0 Å². The molecule has 1 aromatic heterocycles. The standard InChI is InChI=1S/C18H27N3/c1-13(2)11-19-12-15-10-18(21(5)14(3)4)16-8-6-7-9-17(16)20-15/h6-10,13-14,19H,11-12H2,1-5H3. The molecular formula is C18H27N3. The van der Waals surface area contributed by atoms with Crippen LogP contribution >= 0.6 is 0 Å². The van der Waals surface area contributed by atoms with E-state index in [9.17, 15) is 0 Å². The molecule has 21 heavy (non-hydrogen) atoms. The molecule has 2 aromatic rings. The molecule has 0 saturated heterocycles. The van der Waals surface area contributed by atoms with Gasteiger partial charge in [-0.2, -0.15) is 0 Å². The van der Waals surface area contributed by atoms with E-state index < -0.39 is 0 Å². The second-order valence-electron chi connectivity index (χ2n) is 6.38. The minimum absolute atomic E-state index is 0.465. The first kappa shape index (κ1) is 15.8. The molecule has 3 nitrogen and oxygen atoms in total. The van der Waals surface area contributed by atoms with Gasteiger partial charge in [-0.15, -0.1) is 0 Å². The molecule has 0 aliphatic carbocycles. The Morgan fingerprint density at radius 3 is 2.52 bits per heavy atom. The lowest BCUT2D eigenvalue weighted by molar-refractivity contribution is 0.548. The minimum atomic E-state index is 0.465. The van der Waals surface area contributed by atoms with Gasteiger partial charge in [-0.1, -0.05) is 32.0 Å². The average molecular weight is 285 g/mol. The number of aromatic nitrogens is 1. The van der Waals surface area contributed by atoms with Crippen molar-refractivity contribution in [3.05, 3.63) is 36.0 Å². The van der Waals surface area contributed by atoms with E-state index in [0.717, 1.165) is 24.3 Å². The van der Waals surface area contributed by atoms with Crippen LogP contribution in [0.4, 0.5) is 5.69 Å². The summed E-state index contributed by atoms with van der Waals surface area (Å²) in [5, 5.41) is 4.70.